The maximum absolute atomic E-state index is 5.89. The van der Waals surface area contributed by atoms with Gasteiger partial charge < -0.3 is 0 Å². The van der Waals surface area contributed by atoms with E-state index in [1.165, 1.54) is 5.56 Å². The number of hydrogen-bond acceptors (Lipinski definition) is 2. The first kappa shape index (κ1) is 9.99. The first-order valence-electron chi connectivity index (χ1n) is 3.61. The molecular weight excluding hydrogens is 239 g/mol. The smallest absolute Gasteiger partial charge is 0.0550 e. The second-order valence-electron chi connectivity index (χ2n) is 2.45. The average Bonchev–Trinajstić information content (AvgIpc) is 2.07. The Bertz CT molecular complexity index is 265. The Kier molecular flexibility index (Phi) is 4.01. The molecule has 0 radical (unpaired) electrons. The van der Waals surface area contributed by atoms with Crippen molar-refractivity contribution in [3.8, 4) is 0 Å². The monoisotopic (exact) mass is 248 g/mol. The second-order valence-corrected chi connectivity index (χ2v) is 3.71. The van der Waals surface area contributed by atoms with E-state index in [-0.39, 0.29) is 0 Å². The highest BCUT2D eigenvalue weighted by molar-refractivity contribution is 9.10. The average molecular weight is 250 g/mol. The Hall–Kier alpha value is -0.0900. The zero-order valence-electron chi connectivity index (χ0n) is 6.48. The predicted octanol–water partition coefficient (Wildman–Crippen LogP) is 2.11. The van der Waals surface area contributed by atoms with Gasteiger partial charge in [0.15, 0.2) is 0 Å². The molecule has 1 aromatic rings. The molecule has 0 amide bonds. The first-order valence-corrected chi connectivity index (χ1v) is 4.78. The molecule has 0 aliphatic carbocycles. The van der Waals surface area contributed by atoms with E-state index in [1.54, 1.807) is 0 Å². The number of benzene rings is 1. The SMILES string of the molecule is NNCCc1ccc(Br)c(Cl)c1. The fourth-order valence-electron chi connectivity index (χ4n) is 0.912. The van der Waals surface area contributed by atoms with Crippen LogP contribution in [0.3, 0.4) is 0 Å². The van der Waals surface area contributed by atoms with Crippen molar-refractivity contribution in [3.63, 3.8) is 0 Å². The molecule has 3 N–H and O–H groups in total. The Balaban J connectivity index is 2.69. The highest BCUT2D eigenvalue weighted by Gasteiger charge is 1.97. The van der Waals surface area contributed by atoms with Crippen LogP contribution in [0.25, 0.3) is 0 Å². The Morgan fingerprint density at radius 3 is 2.83 bits per heavy atom. The highest BCUT2D eigenvalue weighted by atomic mass is 79.9. The summed E-state index contributed by atoms with van der Waals surface area (Å²) in [7, 11) is 0. The van der Waals surface area contributed by atoms with Gasteiger partial charge in [-0.15, -0.1) is 0 Å². The molecule has 0 aromatic heterocycles. The molecule has 0 bridgehead atoms. The van der Waals surface area contributed by atoms with Crippen molar-refractivity contribution in [1.82, 2.24) is 5.43 Å². The zero-order chi connectivity index (χ0) is 8.97. The van der Waals surface area contributed by atoms with Gasteiger partial charge >= 0.3 is 0 Å². The van der Waals surface area contributed by atoms with Crippen LogP contribution in [-0.2, 0) is 6.42 Å². The van der Waals surface area contributed by atoms with Gasteiger partial charge in [-0.1, -0.05) is 17.7 Å². The van der Waals surface area contributed by atoms with Crippen molar-refractivity contribution in [3.05, 3.63) is 33.3 Å². The molecule has 1 rings (SSSR count). The molecule has 0 atom stereocenters. The van der Waals surface area contributed by atoms with Gasteiger partial charge in [0.05, 0.1) is 5.02 Å². The van der Waals surface area contributed by atoms with Gasteiger partial charge in [0.1, 0.15) is 0 Å². The molecule has 0 unspecified atom stereocenters. The molecule has 1 aromatic carbocycles. The Morgan fingerprint density at radius 1 is 1.50 bits per heavy atom. The summed E-state index contributed by atoms with van der Waals surface area (Å²) in [6.45, 7) is 0.762. The fourth-order valence-corrected chi connectivity index (χ4v) is 1.36. The van der Waals surface area contributed by atoms with E-state index in [0.717, 1.165) is 22.5 Å². The van der Waals surface area contributed by atoms with E-state index in [1.807, 2.05) is 18.2 Å². The van der Waals surface area contributed by atoms with Crippen LogP contribution in [0.2, 0.25) is 5.02 Å². The van der Waals surface area contributed by atoms with Gasteiger partial charge in [0, 0.05) is 11.0 Å². The van der Waals surface area contributed by atoms with E-state index >= 15 is 0 Å². The van der Waals surface area contributed by atoms with Crippen LogP contribution in [0.15, 0.2) is 22.7 Å². The van der Waals surface area contributed by atoms with Gasteiger partial charge in [-0.3, -0.25) is 11.3 Å². The molecule has 0 aliphatic rings. The molecule has 0 saturated heterocycles. The third-order valence-electron chi connectivity index (χ3n) is 1.54. The van der Waals surface area contributed by atoms with Crippen LogP contribution in [0, 0.1) is 0 Å². The zero-order valence-corrected chi connectivity index (χ0v) is 8.82. The van der Waals surface area contributed by atoms with Crippen molar-refractivity contribution >= 4 is 27.5 Å². The van der Waals surface area contributed by atoms with Crippen molar-refractivity contribution in [2.45, 2.75) is 6.42 Å². The third kappa shape index (κ3) is 2.75. The Morgan fingerprint density at radius 2 is 2.25 bits per heavy atom. The minimum absolute atomic E-state index is 0.740. The maximum Gasteiger partial charge on any atom is 0.0550 e. The van der Waals surface area contributed by atoms with Crippen LogP contribution in [0.5, 0.6) is 0 Å². The van der Waals surface area contributed by atoms with Crippen molar-refractivity contribution in [1.29, 1.82) is 0 Å². The van der Waals surface area contributed by atoms with Crippen molar-refractivity contribution in [2.24, 2.45) is 5.84 Å². The minimum Gasteiger partial charge on any atom is -0.271 e. The van der Waals surface area contributed by atoms with Crippen LogP contribution in [0.1, 0.15) is 5.56 Å². The lowest BCUT2D eigenvalue weighted by molar-refractivity contribution is 0.728. The maximum atomic E-state index is 5.89. The van der Waals surface area contributed by atoms with E-state index in [2.05, 4.69) is 21.4 Å². The number of hydrogen-bond donors (Lipinski definition) is 2. The molecular formula is C8H10BrClN2. The lowest BCUT2D eigenvalue weighted by Gasteiger charge is -2.02. The van der Waals surface area contributed by atoms with Gasteiger partial charge in [0.2, 0.25) is 0 Å². The third-order valence-corrected chi connectivity index (χ3v) is 2.77. The lowest BCUT2D eigenvalue weighted by Crippen LogP contribution is -2.24. The summed E-state index contributed by atoms with van der Waals surface area (Å²) in [5.74, 6) is 5.15. The summed E-state index contributed by atoms with van der Waals surface area (Å²) in [6, 6.07) is 5.89. The van der Waals surface area contributed by atoms with Crippen molar-refractivity contribution < 1.29 is 0 Å². The second kappa shape index (κ2) is 4.82. The van der Waals surface area contributed by atoms with Gasteiger partial charge in [0.25, 0.3) is 0 Å². The number of nitrogens with one attached hydrogen (secondary N) is 1. The molecule has 12 heavy (non-hydrogen) atoms. The summed E-state index contributed by atoms with van der Waals surface area (Å²) >= 11 is 9.22. The van der Waals surface area contributed by atoms with Crippen LogP contribution < -0.4 is 11.3 Å². The number of nitrogens with two attached hydrogens (primary N) is 1. The number of hydrazine groups is 1. The molecule has 0 fully saturated rings. The molecule has 66 valence electrons. The first-order chi connectivity index (χ1) is 5.74. The minimum atomic E-state index is 0.740. The van der Waals surface area contributed by atoms with Gasteiger partial charge in [-0.05, 0) is 40.0 Å². The summed E-state index contributed by atoms with van der Waals surface area (Å²) in [6.07, 6.45) is 0.892. The summed E-state index contributed by atoms with van der Waals surface area (Å²) in [4.78, 5) is 0. The molecule has 0 saturated carbocycles. The van der Waals surface area contributed by atoms with E-state index in [9.17, 15) is 0 Å². The number of rotatable bonds is 3. The summed E-state index contributed by atoms with van der Waals surface area (Å²) in [5.41, 5.74) is 3.78. The van der Waals surface area contributed by atoms with Gasteiger partial charge in [-0.2, -0.15) is 0 Å². The molecule has 0 spiro atoms. The Labute approximate surface area is 85.2 Å². The molecule has 0 heterocycles. The fraction of sp³-hybridized carbons (Fsp3) is 0.250. The lowest BCUT2D eigenvalue weighted by atomic mass is 10.1. The van der Waals surface area contributed by atoms with Crippen LogP contribution in [0.4, 0.5) is 0 Å². The summed E-state index contributed by atoms with van der Waals surface area (Å²) in [5, 5.41) is 0.740. The largest absolute Gasteiger partial charge is 0.271 e. The summed E-state index contributed by atoms with van der Waals surface area (Å²) < 4.78 is 0.925. The topological polar surface area (TPSA) is 38.0 Å². The quantitative estimate of drug-likeness (QED) is 0.636. The standard InChI is InChI=1S/C8H10BrClN2/c9-7-2-1-6(3-4-12-11)5-8(7)10/h1-2,5,12H,3-4,11H2. The molecule has 2 nitrogen and oxygen atoms in total. The van der Waals surface area contributed by atoms with Crippen LogP contribution >= 0.6 is 27.5 Å². The number of halogens is 2. The predicted molar refractivity (Wildman–Crippen MR) is 55.0 cm³/mol. The van der Waals surface area contributed by atoms with Crippen molar-refractivity contribution in [2.75, 3.05) is 6.54 Å². The van der Waals surface area contributed by atoms with E-state index in [4.69, 9.17) is 17.4 Å². The molecule has 4 heteroatoms. The van der Waals surface area contributed by atoms with E-state index < -0.39 is 0 Å². The van der Waals surface area contributed by atoms with E-state index in [0.29, 0.717) is 0 Å². The molecule has 0 aliphatic heterocycles. The highest BCUT2D eigenvalue weighted by Crippen LogP contribution is 2.23. The normalized spacial score (nSPS) is 10.2. The van der Waals surface area contributed by atoms with Gasteiger partial charge in [-0.25, -0.2) is 0 Å². The van der Waals surface area contributed by atoms with Crippen LogP contribution in [-0.4, -0.2) is 6.54 Å².